The Balaban J connectivity index is 0.00000162. The van der Waals surface area contributed by atoms with Crippen LogP contribution in [0.1, 0.15) is 12.8 Å². The molecule has 0 saturated carbocycles. The molecule has 1 aromatic heterocycles. The van der Waals surface area contributed by atoms with Crippen LogP contribution in [0.5, 0.6) is 0 Å². The summed E-state index contributed by atoms with van der Waals surface area (Å²) in [5, 5.41) is 3.10. The standard InChI is InChI=1S/C10H14FN3O2S.ClH/c11-8-4-10(7-13-5-8)17(15,16)14-9-2-1-3-12-6-9;/h4-5,7,9,12,14H,1-3,6H2;1H. The molecule has 0 aromatic carbocycles. The van der Waals surface area contributed by atoms with Crippen molar-refractivity contribution < 1.29 is 12.8 Å². The predicted molar refractivity (Wildman–Crippen MR) is 67.7 cm³/mol. The molecule has 2 rings (SSSR count). The molecule has 18 heavy (non-hydrogen) atoms. The molecular formula is C10H15ClFN3O2S. The zero-order valence-electron chi connectivity index (χ0n) is 9.60. The summed E-state index contributed by atoms with van der Waals surface area (Å²) in [6, 6.07) is 0.822. The van der Waals surface area contributed by atoms with Gasteiger partial charge in [-0.1, -0.05) is 0 Å². The van der Waals surface area contributed by atoms with E-state index in [1.54, 1.807) is 0 Å². The molecule has 0 amide bonds. The van der Waals surface area contributed by atoms with Crippen molar-refractivity contribution in [1.82, 2.24) is 15.0 Å². The molecule has 2 heterocycles. The first-order valence-corrected chi connectivity index (χ1v) is 6.90. The number of sulfonamides is 1. The fourth-order valence-corrected chi connectivity index (χ4v) is 3.02. The van der Waals surface area contributed by atoms with Crippen LogP contribution in [-0.2, 0) is 10.0 Å². The summed E-state index contributed by atoms with van der Waals surface area (Å²) >= 11 is 0. The molecule has 102 valence electrons. The highest BCUT2D eigenvalue weighted by Crippen LogP contribution is 2.11. The van der Waals surface area contributed by atoms with Gasteiger partial charge in [-0.2, -0.15) is 0 Å². The highest BCUT2D eigenvalue weighted by atomic mass is 35.5. The van der Waals surface area contributed by atoms with Crippen molar-refractivity contribution in [1.29, 1.82) is 0 Å². The molecule has 1 atom stereocenters. The summed E-state index contributed by atoms with van der Waals surface area (Å²) in [6.07, 6.45) is 3.83. The SMILES string of the molecule is Cl.O=S(=O)(NC1CCCNC1)c1cncc(F)c1. The van der Waals surface area contributed by atoms with E-state index >= 15 is 0 Å². The van der Waals surface area contributed by atoms with Gasteiger partial charge in [-0.3, -0.25) is 4.98 Å². The molecular weight excluding hydrogens is 281 g/mol. The van der Waals surface area contributed by atoms with Gasteiger partial charge in [0, 0.05) is 18.8 Å². The summed E-state index contributed by atoms with van der Waals surface area (Å²) < 4.78 is 39.3. The van der Waals surface area contributed by atoms with Gasteiger partial charge in [-0.25, -0.2) is 17.5 Å². The highest BCUT2D eigenvalue weighted by molar-refractivity contribution is 7.89. The lowest BCUT2D eigenvalue weighted by Crippen LogP contribution is -2.45. The second kappa shape index (κ2) is 6.42. The number of piperidine rings is 1. The van der Waals surface area contributed by atoms with Crippen molar-refractivity contribution in [3.63, 3.8) is 0 Å². The number of halogens is 2. The first-order chi connectivity index (χ1) is 8.08. The summed E-state index contributed by atoms with van der Waals surface area (Å²) in [7, 11) is -3.67. The van der Waals surface area contributed by atoms with Crippen LogP contribution < -0.4 is 10.0 Å². The predicted octanol–water partition coefficient (Wildman–Crippen LogP) is 0.673. The van der Waals surface area contributed by atoms with Crippen molar-refractivity contribution in [2.45, 2.75) is 23.8 Å². The molecule has 5 nitrogen and oxygen atoms in total. The van der Waals surface area contributed by atoms with E-state index in [4.69, 9.17) is 0 Å². The highest BCUT2D eigenvalue weighted by Gasteiger charge is 2.22. The Morgan fingerprint density at radius 1 is 1.44 bits per heavy atom. The Hall–Kier alpha value is -0.760. The third-order valence-electron chi connectivity index (χ3n) is 2.61. The second-order valence-corrected chi connectivity index (χ2v) is 5.72. The van der Waals surface area contributed by atoms with Crippen LogP contribution in [0, 0.1) is 5.82 Å². The molecule has 8 heteroatoms. The normalized spacial score (nSPS) is 20.2. The lowest BCUT2D eigenvalue weighted by atomic mass is 10.1. The maximum Gasteiger partial charge on any atom is 0.242 e. The van der Waals surface area contributed by atoms with Crippen molar-refractivity contribution in [2.24, 2.45) is 0 Å². The van der Waals surface area contributed by atoms with E-state index in [0.29, 0.717) is 6.54 Å². The minimum absolute atomic E-state index is 0. The van der Waals surface area contributed by atoms with Crippen LogP contribution in [0.25, 0.3) is 0 Å². The van der Waals surface area contributed by atoms with Gasteiger partial charge < -0.3 is 5.32 Å². The van der Waals surface area contributed by atoms with Gasteiger partial charge in [0.25, 0.3) is 0 Å². The van der Waals surface area contributed by atoms with Gasteiger partial charge in [0.05, 0.1) is 6.20 Å². The molecule has 2 N–H and O–H groups in total. The summed E-state index contributed by atoms with van der Waals surface area (Å²) in [5.41, 5.74) is 0. The number of nitrogens with zero attached hydrogens (tertiary/aromatic N) is 1. The molecule has 1 saturated heterocycles. The van der Waals surface area contributed by atoms with E-state index in [0.717, 1.165) is 37.8 Å². The Labute approximate surface area is 112 Å². The van der Waals surface area contributed by atoms with Gasteiger partial charge in [-0.05, 0) is 25.5 Å². The van der Waals surface area contributed by atoms with Crippen molar-refractivity contribution >= 4 is 22.4 Å². The summed E-state index contributed by atoms with van der Waals surface area (Å²) in [6.45, 7) is 1.50. The first kappa shape index (κ1) is 15.3. The van der Waals surface area contributed by atoms with E-state index < -0.39 is 15.8 Å². The van der Waals surface area contributed by atoms with Crippen molar-refractivity contribution in [3.8, 4) is 0 Å². The molecule has 1 aromatic rings. The number of nitrogens with one attached hydrogen (secondary N) is 2. The molecule has 1 aliphatic heterocycles. The largest absolute Gasteiger partial charge is 0.315 e. The Kier molecular flexibility index (Phi) is 5.46. The monoisotopic (exact) mass is 295 g/mol. The number of pyridine rings is 1. The van der Waals surface area contributed by atoms with Crippen molar-refractivity contribution in [2.75, 3.05) is 13.1 Å². The van der Waals surface area contributed by atoms with E-state index in [1.165, 1.54) is 0 Å². The van der Waals surface area contributed by atoms with Crippen LogP contribution in [-0.4, -0.2) is 32.5 Å². The molecule has 1 fully saturated rings. The van der Waals surface area contributed by atoms with Crippen LogP contribution in [0.2, 0.25) is 0 Å². The topological polar surface area (TPSA) is 71.1 Å². The quantitative estimate of drug-likeness (QED) is 0.860. The molecule has 1 unspecified atom stereocenters. The lowest BCUT2D eigenvalue weighted by Gasteiger charge is -2.23. The molecule has 1 aliphatic rings. The second-order valence-electron chi connectivity index (χ2n) is 4.00. The summed E-state index contributed by atoms with van der Waals surface area (Å²) in [5.74, 6) is -0.658. The van der Waals surface area contributed by atoms with Crippen molar-refractivity contribution in [3.05, 3.63) is 24.3 Å². The van der Waals surface area contributed by atoms with Gasteiger partial charge >= 0.3 is 0 Å². The van der Waals surface area contributed by atoms with Crippen LogP contribution >= 0.6 is 12.4 Å². The fraction of sp³-hybridized carbons (Fsp3) is 0.500. The fourth-order valence-electron chi connectivity index (χ4n) is 1.78. The minimum Gasteiger partial charge on any atom is -0.315 e. The number of rotatable bonds is 3. The van der Waals surface area contributed by atoms with E-state index in [1.807, 2.05) is 0 Å². The van der Waals surface area contributed by atoms with Gasteiger partial charge in [0.2, 0.25) is 10.0 Å². The van der Waals surface area contributed by atoms with E-state index in [-0.39, 0.29) is 23.3 Å². The average molecular weight is 296 g/mol. The number of hydrogen-bond acceptors (Lipinski definition) is 4. The zero-order valence-corrected chi connectivity index (χ0v) is 11.2. The summed E-state index contributed by atoms with van der Waals surface area (Å²) in [4.78, 5) is 3.40. The minimum atomic E-state index is -3.67. The van der Waals surface area contributed by atoms with E-state index in [9.17, 15) is 12.8 Å². The average Bonchev–Trinajstić information content (AvgIpc) is 2.30. The van der Waals surface area contributed by atoms with Gasteiger partial charge in [-0.15, -0.1) is 12.4 Å². The van der Waals surface area contributed by atoms with Gasteiger partial charge in [0.1, 0.15) is 10.7 Å². The Morgan fingerprint density at radius 3 is 2.83 bits per heavy atom. The maximum atomic E-state index is 12.9. The molecule has 0 bridgehead atoms. The third kappa shape index (κ3) is 3.88. The molecule has 0 spiro atoms. The third-order valence-corrected chi connectivity index (χ3v) is 4.10. The zero-order chi connectivity index (χ0) is 12.3. The van der Waals surface area contributed by atoms with Gasteiger partial charge in [0.15, 0.2) is 0 Å². The van der Waals surface area contributed by atoms with Crippen LogP contribution in [0.3, 0.4) is 0 Å². The lowest BCUT2D eigenvalue weighted by molar-refractivity contribution is 0.428. The number of hydrogen-bond donors (Lipinski definition) is 2. The Morgan fingerprint density at radius 2 is 2.22 bits per heavy atom. The van der Waals surface area contributed by atoms with E-state index in [2.05, 4.69) is 15.0 Å². The smallest absolute Gasteiger partial charge is 0.242 e. The molecule has 0 radical (unpaired) electrons. The Bertz CT molecular complexity index is 492. The molecule has 0 aliphatic carbocycles. The van der Waals surface area contributed by atoms with Crippen LogP contribution in [0.4, 0.5) is 4.39 Å². The maximum absolute atomic E-state index is 12.9. The number of aromatic nitrogens is 1. The first-order valence-electron chi connectivity index (χ1n) is 5.41. The van der Waals surface area contributed by atoms with Crippen LogP contribution in [0.15, 0.2) is 23.4 Å².